The van der Waals surface area contributed by atoms with E-state index >= 15 is 0 Å². The second-order valence-electron chi connectivity index (χ2n) is 3.18. The van der Waals surface area contributed by atoms with Crippen LogP contribution in [0.1, 0.15) is 30.2 Å². The van der Waals surface area contributed by atoms with Crippen molar-refractivity contribution < 1.29 is 9.84 Å². The number of ether oxygens (including phenoxy) is 1. The molecule has 0 spiro atoms. The van der Waals surface area contributed by atoms with E-state index < -0.39 is 0 Å². The van der Waals surface area contributed by atoms with E-state index in [9.17, 15) is 5.11 Å². The lowest BCUT2D eigenvalue weighted by molar-refractivity contribution is 0.466. The van der Waals surface area contributed by atoms with E-state index in [1.165, 1.54) is 0 Å². The Morgan fingerprint density at radius 1 is 1.54 bits per heavy atom. The number of benzene rings is 1. The molecule has 2 nitrogen and oxygen atoms in total. The molecular weight excluding hydrogens is 232 g/mol. The molecule has 13 heavy (non-hydrogen) atoms. The fraction of sp³-hybridized carbons (Fsp3) is 0.400. The third-order valence-corrected chi connectivity index (χ3v) is 3.08. The predicted molar refractivity (Wildman–Crippen MR) is 54.8 cm³/mol. The van der Waals surface area contributed by atoms with Crippen molar-refractivity contribution in [3.63, 3.8) is 0 Å². The Bertz CT molecular complexity index is 332. The number of rotatable bonds is 3. The van der Waals surface area contributed by atoms with E-state index in [1.807, 2.05) is 0 Å². The monoisotopic (exact) mass is 242 g/mol. The van der Waals surface area contributed by atoms with Crippen LogP contribution in [0, 0.1) is 0 Å². The second-order valence-corrected chi connectivity index (χ2v) is 4.29. The Morgan fingerprint density at radius 2 is 2.31 bits per heavy atom. The fourth-order valence-electron chi connectivity index (χ4n) is 1.44. The van der Waals surface area contributed by atoms with Gasteiger partial charge >= 0.3 is 0 Å². The second kappa shape index (κ2) is 3.22. The quantitative estimate of drug-likeness (QED) is 0.658. The molecule has 0 saturated heterocycles. The average molecular weight is 243 g/mol. The number of phenols is 1. The number of aromatic hydroxyl groups is 1. The fourth-order valence-corrected chi connectivity index (χ4v) is 2.34. The van der Waals surface area contributed by atoms with Crippen molar-refractivity contribution in [2.24, 2.45) is 0 Å². The first-order valence-corrected chi connectivity index (χ1v) is 5.33. The Balaban J connectivity index is 2.30. The summed E-state index contributed by atoms with van der Waals surface area (Å²) in [5.74, 6) is 2.08. The van der Waals surface area contributed by atoms with Crippen molar-refractivity contribution in [2.75, 3.05) is 0 Å². The molecule has 70 valence electrons. The minimum absolute atomic E-state index is 0.204. The standard InChI is InChI=1S/C10H11BrO2/c1-2-3-6(11)9-7(12)4-5-8-10(9)13-8/h4-6,12H,2-3H2,1H3. The molecule has 1 atom stereocenters. The average Bonchev–Trinajstić information content (AvgIpc) is 2.82. The van der Waals surface area contributed by atoms with Crippen LogP contribution in [0.15, 0.2) is 12.1 Å². The first-order chi connectivity index (χ1) is 6.24. The van der Waals surface area contributed by atoms with Crippen molar-refractivity contribution in [1.82, 2.24) is 0 Å². The molecule has 1 aliphatic rings. The molecular formula is C10H11BrO2. The van der Waals surface area contributed by atoms with Crippen LogP contribution in [-0.4, -0.2) is 5.11 Å². The Labute approximate surface area is 85.7 Å². The van der Waals surface area contributed by atoms with Crippen LogP contribution in [0.3, 0.4) is 0 Å². The van der Waals surface area contributed by atoms with Gasteiger partial charge in [0.1, 0.15) is 5.75 Å². The third kappa shape index (κ3) is 1.53. The maximum Gasteiger partial charge on any atom is 0.178 e. The number of phenolic OH excluding ortho intramolecular Hbond substituents is 1. The van der Waals surface area contributed by atoms with E-state index in [0.29, 0.717) is 5.75 Å². The molecule has 1 aromatic rings. The van der Waals surface area contributed by atoms with Crippen molar-refractivity contribution in [1.29, 1.82) is 0 Å². The minimum atomic E-state index is 0.204. The van der Waals surface area contributed by atoms with Gasteiger partial charge < -0.3 is 9.84 Å². The van der Waals surface area contributed by atoms with E-state index in [0.717, 1.165) is 29.9 Å². The molecule has 0 aromatic heterocycles. The van der Waals surface area contributed by atoms with Gasteiger partial charge in [0.25, 0.3) is 0 Å². The van der Waals surface area contributed by atoms with Gasteiger partial charge in [0.15, 0.2) is 11.5 Å². The van der Waals surface area contributed by atoms with Gasteiger partial charge in [0, 0.05) is 4.83 Å². The summed E-state index contributed by atoms with van der Waals surface area (Å²) in [6, 6.07) is 3.48. The highest BCUT2D eigenvalue weighted by molar-refractivity contribution is 9.09. The lowest BCUT2D eigenvalue weighted by Crippen LogP contribution is -1.87. The summed E-state index contributed by atoms with van der Waals surface area (Å²) >= 11 is 3.54. The zero-order valence-corrected chi connectivity index (χ0v) is 8.97. The molecule has 0 radical (unpaired) electrons. The third-order valence-electron chi connectivity index (χ3n) is 2.16. The van der Waals surface area contributed by atoms with Gasteiger partial charge in [-0.05, 0) is 18.6 Å². The molecule has 1 aromatic carbocycles. The van der Waals surface area contributed by atoms with E-state index in [2.05, 4.69) is 22.9 Å². The van der Waals surface area contributed by atoms with Crippen LogP contribution in [0.25, 0.3) is 0 Å². The molecule has 1 unspecified atom stereocenters. The van der Waals surface area contributed by atoms with E-state index in [1.54, 1.807) is 12.1 Å². The molecule has 1 N–H and O–H groups in total. The van der Waals surface area contributed by atoms with E-state index in [4.69, 9.17) is 4.74 Å². The van der Waals surface area contributed by atoms with Crippen molar-refractivity contribution in [3.05, 3.63) is 17.7 Å². The largest absolute Gasteiger partial charge is 0.507 e. The molecule has 0 saturated carbocycles. The number of hydrogen-bond donors (Lipinski definition) is 1. The van der Waals surface area contributed by atoms with Gasteiger partial charge in [0.2, 0.25) is 0 Å². The smallest absolute Gasteiger partial charge is 0.178 e. The summed E-state index contributed by atoms with van der Waals surface area (Å²) in [5.41, 5.74) is 0.902. The Morgan fingerprint density at radius 3 is 3.00 bits per heavy atom. The lowest BCUT2D eigenvalue weighted by atomic mass is 10.1. The normalized spacial score (nSPS) is 14.6. The van der Waals surface area contributed by atoms with Gasteiger partial charge in [-0.1, -0.05) is 29.3 Å². The van der Waals surface area contributed by atoms with E-state index in [-0.39, 0.29) is 4.83 Å². The highest BCUT2D eigenvalue weighted by Crippen LogP contribution is 2.55. The molecule has 0 aliphatic carbocycles. The van der Waals surface area contributed by atoms with Crippen LogP contribution in [0.2, 0.25) is 0 Å². The van der Waals surface area contributed by atoms with Gasteiger partial charge in [-0.15, -0.1) is 0 Å². The first-order valence-electron chi connectivity index (χ1n) is 4.41. The topological polar surface area (TPSA) is 32.8 Å². The van der Waals surface area contributed by atoms with Crippen molar-refractivity contribution in [2.45, 2.75) is 24.6 Å². The summed E-state index contributed by atoms with van der Waals surface area (Å²) in [4.78, 5) is 0.204. The highest BCUT2D eigenvalue weighted by atomic mass is 79.9. The molecule has 1 aliphatic heterocycles. The maximum atomic E-state index is 9.61. The molecule has 0 bridgehead atoms. The first kappa shape index (κ1) is 8.88. The van der Waals surface area contributed by atoms with Crippen LogP contribution >= 0.6 is 15.9 Å². The summed E-state index contributed by atoms with van der Waals surface area (Å²) in [5, 5.41) is 9.61. The van der Waals surface area contributed by atoms with Crippen LogP contribution < -0.4 is 4.74 Å². The Hall–Kier alpha value is -0.700. The number of halogens is 1. The lowest BCUT2D eigenvalue weighted by Gasteiger charge is -2.07. The minimum Gasteiger partial charge on any atom is -0.507 e. The molecule has 3 heteroatoms. The van der Waals surface area contributed by atoms with Gasteiger partial charge in [0.05, 0.1) is 5.56 Å². The van der Waals surface area contributed by atoms with Gasteiger partial charge in [-0.3, -0.25) is 0 Å². The van der Waals surface area contributed by atoms with Gasteiger partial charge in [-0.2, -0.15) is 0 Å². The zero-order valence-electron chi connectivity index (χ0n) is 7.38. The van der Waals surface area contributed by atoms with Crippen LogP contribution in [0.5, 0.6) is 17.2 Å². The molecule has 0 amide bonds. The van der Waals surface area contributed by atoms with Crippen molar-refractivity contribution >= 4 is 15.9 Å². The number of fused-ring (bicyclic) bond motifs is 1. The van der Waals surface area contributed by atoms with Crippen molar-refractivity contribution in [3.8, 4) is 17.2 Å². The summed E-state index contributed by atoms with van der Waals surface area (Å²) in [6.07, 6.45) is 2.09. The summed E-state index contributed by atoms with van der Waals surface area (Å²) in [6.45, 7) is 2.12. The highest BCUT2D eigenvalue weighted by Gasteiger charge is 2.30. The Kier molecular flexibility index (Phi) is 2.20. The number of hydrogen-bond acceptors (Lipinski definition) is 2. The summed E-state index contributed by atoms with van der Waals surface area (Å²) in [7, 11) is 0. The zero-order chi connectivity index (χ0) is 9.42. The molecule has 1 heterocycles. The predicted octanol–water partition coefficient (Wildman–Crippen LogP) is 3.73. The molecule has 2 rings (SSSR count). The van der Waals surface area contributed by atoms with Gasteiger partial charge in [-0.25, -0.2) is 0 Å². The van der Waals surface area contributed by atoms with Crippen LogP contribution in [-0.2, 0) is 0 Å². The summed E-state index contributed by atoms with van der Waals surface area (Å²) < 4.78 is 5.23. The SMILES string of the molecule is CCCC(Br)c1c(O)ccc2c1O2. The van der Waals surface area contributed by atoms with Crippen LogP contribution in [0.4, 0.5) is 0 Å². The molecule has 0 fully saturated rings. The number of alkyl halides is 1. The maximum absolute atomic E-state index is 9.61.